The van der Waals surface area contributed by atoms with Gasteiger partial charge in [-0.05, 0) is 75.1 Å². The molecule has 0 amide bonds. The number of aryl methyl sites for hydroxylation is 2. The molecule has 0 bridgehead atoms. The number of aromatic nitrogens is 6. The normalized spacial score (nSPS) is 14.8. The molecule has 0 spiro atoms. The van der Waals surface area contributed by atoms with Crippen molar-refractivity contribution in [3.8, 4) is 5.75 Å². The van der Waals surface area contributed by atoms with Crippen LogP contribution in [-0.2, 0) is 26.6 Å². The average Bonchev–Trinajstić information content (AvgIpc) is 3.55. The second-order valence-electron chi connectivity index (χ2n) is 11.2. The maximum atomic E-state index is 11.7. The molecule has 10 heteroatoms. The lowest BCUT2D eigenvalue weighted by molar-refractivity contribution is 0.187. The van der Waals surface area contributed by atoms with Crippen LogP contribution in [0.2, 0.25) is 0 Å². The van der Waals surface area contributed by atoms with Crippen molar-refractivity contribution in [3.63, 3.8) is 0 Å². The highest BCUT2D eigenvalue weighted by Crippen LogP contribution is 2.28. The van der Waals surface area contributed by atoms with Gasteiger partial charge in [-0.15, -0.1) is 5.10 Å². The highest BCUT2D eigenvalue weighted by Gasteiger charge is 2.19. The number of hydrogen-bond donors (Lipinski definition) is 3. The SMILES string of the molecule is CN(CCCn1nnc2cc(CNCCc3ccc(O)c4[nH]c(=O)ccc34)c3cnn(C)c3c21)C1CCCCC1. The Balaban J connectivity index is 1.14. The number of benzene rings is 2. The number of H-pyrrole nitrogens is 1. The van der Waals surface area contributed by atoms with Crippen LogP contribution < -0.4 is 10.9 Å². The van der Waals surface area contributed by atoms with E-state index in [1.165, 1.54) is 38.2 Å². The van der Waals surface area contributed by atoms with Crippen molar-refractivity contribution in [3.05, 3.63) is 58.0 Å². The van der Waals surface area contributed by atoms with Gasteiger partial charge in [-0.1, -0.05) is 30.5 Å². The number of fused-ring (bicyclic) bond motifs is 4. The molecule has 3 aromatic heterocycles. The number of aromatic hydroxyl groups is 1. The van der Waals surface area contributed by atoms with E-state index in [1.807, 2.05) is 28.7 Å². The van der Waals surface area contributed by atoms with Crippen molar-refractivity contribution in [2.75, 3.05) is 20.1 Å². The molecular formula is C30H38N8O2. The molecule has 1 aliphatic rings. The molecule has 3 heterocycles. The van der Waals surface area contributed by atoms with Crippen molar-refractivity contribution in [2.45, 2.75) is 64.1 Å². The first-order valence-corrected chi connectivity index (χ1v) is 14.4. The molecule has 3 N–H and O–H groups in total. The summed E-state index contributed by atoms with van der Waals surface area (Å²) in [5, 5.41) is 29.3. The van der Waals surface area contributed by atoms with Crippen LogP contribution in [-0.4, -0.2) is 65.9 Å². The summed E-state index contributed by atoms with van der Waals surface area (Å²) in [6.07, 6.45) is 10.5. The Bertz CT molecular complexity index is 1700. The maximum Gasteiger partial charge on any atom is 0.248 e. The van der Waals surface area contributed by atoms with E-state index in [0.717, 1.165) is 77.0 Å². The lowest BCUT2D eigenvalue weighted by atomic mass is 9.94. The molecule has 0 radical (unpaired) electrons. The minimum absolute atomic E-state index is 0.0842. The van der Waals surface area contributed by atoms with Crippen LogP contribution in [0, 0.1) is 0 Å². The van der Waals surface area contributed by atoms with Gasteiger partial charge in [0.25, 0.3) is 0 Å². The summed E-state index contributed by atoms with van der Waals surface area (Å²) < 4.78 is 3.98. The molecular weight excluding hydrogens is 504 g/mol. The van der Waals surface area contributed by atoms with Crippen molar-refractivity contribution < 1.29 is 5.11 Å². The summed E-state index contributed by atoms with van der Waals surface area (Å²) in [5.74, 6) is 0.0842. The van der Waals surface area contributed by atoms with Crippen LogP contribution in [0.3, 0.4) is 0 Å². The highest BCUT2D eigenvalue weighted by atomic mass is 16.3. The minimum Gasteiger partial charge on any atom is -0.506 e. The van der Waals surface area contributed by atoms with E-state index in [0.29, 0.717) is 12.1 Å². The molecule has 0 atom stereocenters. The smallest absolute Gasteiger partial charge is 0.248 e. The van der Waals surface area contributed by atoms with Gasteiger partial charge in [-0.3, -0.25) is 9.48 Å². The Morgan fingerprint density at radius 2 is 1.95 bits per heavy atom. The fraction of sp³-hybridized carbons (Fsp3) is 0.467. The van der Waals surface area contributed by atoms with Crippen molar-refractivity contribution >= 4 is 32.8 Å². The molecule has 0 saturated heterocycles. The van der Waals surface area contributed by atoms with E-state index in [2.05, 4.69) is 43.7 Å². The van der Waals surface area contributed by atoms with Gasteiger partial charge in [0.1, 0.15) is 16.8 Å². The monoisotopic (exact) mass is 542 g/mol. The Labute approximate surface area is 233 Å². The molecule has 10 nitrogen and oxygen atoms in total. The number of nitrogens with one attached hydrogen (secondary N) is 2. The van der Waals surface area contributed by atoms with E-state index < -0.39 is 0 Å². The summed E-state index contributed by atoms with van der Waals surface area (Å²) in [6, 6.07) is 9.66. The van der Waals surface area contributed by atoms with Gasteiger partial charge in [0.2, 0.25) is 5.56 Å². The highest BCUT2D eigenvalue weighted by molar-refractivity contribution is 6.03. The van der Waals surface area contributed by atoms with Gasteiger partial charge in [-0.25, -0.2) is 4.68 Å². The largest absolute Gasteiger partial charge is 0.506 e. The number of phenols is 1. The van der Waals surface area contributed by atoms with E-state index in [4.69, 9.17) is 0 Å². The van der Waals surface area contributed by atoms with Crippen LogP contribution in [0.5, 0.6) is 5.75 Å². The summed E-state index contributed by atoms with van der Waals surface area (Å²) in [6.45, 7) is 3.30. The van der Waals surface area contributed by atoms with Crippen molar-refractivity contribution in [1.29, 1.82) is 0 Å². The van der Waals surface area contributed by atoms with Crippen LogP contribution in [0.1, 0.15) is 49.7 Å². The van der Waals surface area contributed by atoms with Crippen molar-refractivity contribution in [1.82, 2.24) is 40.0 Å². The molecule has 0 unspecified atom stereocenters. The number of rotatable bonds is 10. The van der Waals surface area contributed by atoms with Gasteiger partial charge < -0.3 is 20.3 Å². The first kappa shape index (κ1) is 26.5. The van der Waals surface area contributed by atoms with Gasteiger partial charge in [0.15, 0.2) is 0 Å². The Hall–Kier alpha value is -3.76. The first-order chi connectivity index (χ1) is 19.5. The third kappa shape index (κ3) is 5.21. The average molecular weight is 543 g/mol. The lowest BCUT2D eigenvalue weighted by Gasteiger charge is -2.31. The second kappa shape index (κ2) is 11.4. The third-order valence-electron chi connectivity index (χ3n) is 8.51. The number of phenolic OH excluding ortho intramolecular Hbond substituents is 1. The third-order valence-corrected chi connectivity index (χ3v) is 8.51. The van der Waals surface area contributed by atoms with E-state index >= 15 is 0 Å². The summed E-state index contributed by atoms with van der Waals surface area (Å²) in [7, 11) is 4.24. The van der Waals surface area contributed by atoms with Gasteiger partial charge >= 0.3 is 0 Å². The molecule has 210 valence electrons. The topological polar surface area (TPSA) is 117 Å². The van der Waals surface area contributed by atoms with Gasteiger partial charge in [-0.2, -0.15) is 5.10 Å². The Morgan fingerprint density at radius 3 is 2.80 bits per heavy atom. The van der Waals surface area contributed by atoms with Crippen molar-refractivity contribution in [2.24, 2.45) is 7.05 Å². The zero-order valence-electron chi connectivity index (χ0n) is 23.4. The molecule has 40 heavy (non-hydrogen) atoms. The summed E-state index contributed by atoms with van der Waals surface area (Å²) >= 11 is 0. The van der Waals surface area contributed by atoms with Crippen LogP contribution in [0.25, 0.3) is 32.8 Å². The van der Waals surface area contributed by atoms with Gasteiger partial charge in [0, 0.05) is 43.0 Å². The van der Waals surface area contributed by atoms with E-state index in [1.54, 1.807) is 12.1 Å². The Kier molecular flexibility index (Phi) is 7.53. The van der Waals surface area contributed by atoms with Gasteiger partial charge in [0.05, 0.1) is 17.2 Å². The van der Waals surface area contributed by atoms with Crippen LogP contribution in [0.4, 0.5) is 0 Å². The summed E-state index contributed by atoms with van der Waals surface area (Å²) in [4.78, 5) is 17.0. The second-order valence-corrected chi connectivity index (χ2v) is 11.2. The minimum atomic E-state index is -0.224. The molecule has 6 rings (SSSR count). The standard InChI is InChI=1S/C30H38N8O2/c1-36(22-7-4-3-5-8-22)15-6-16-38-30-25(34-35-38)17-21(24-19-32-37(2)29(24)30)18-31-14-13-20-9-11-26(39)28-23(20)10-12-27(40)33-28/h9-12,17,19,22,31,39H,3-8,13-16,18H2,1-2H3,(H,33,40). The maximum absolute atomic E-state index is 11.7. The lowest BCUT2D eigenvalue weighted by Crippen LogP contribution is -2.34. The number of aromatic amines is 1. The molecule has 1 aliphatic carbocycles. The summed E-state index contributed by atoms with van der Waals surface area (Å²) in [5.41, 5.74) is 5.46. The first-order valence-electron chi connectivity index (χ1n) is 14.4. The zero-order valence-corrected chi connectivity index (χ0v) is 23.4. The van der Waals surface area contributed by atoms with Crippen LogP contribution in [0.15, 0.2) is 41.3 Å². The predicted octanol–water partition coefficient (Wildman–Crippen LogP) is 3.85. The number of nitrogens with zero attached hydrogens (tertiary/aromatic N) is 6. The fourth-order valence-corrected chi connectivity index (χ4v) is 6.30. The quantitative estimate of drug-likeness (QED) is 0.230. The number of hydrogen-bond acceptors (Lipinski definition) is 7. The van der Waals surface area contributed by atoms with Crippen LogP contribution >= 0.6 is 0 Å². The number of pyridine rings is 1. The molecule has 2 aromatic carbocycles. The van der Waals surface area contributed by atoms with E-state index in [9.17, 15) is 9.90 Å². The molecule has 1 fully saturated rings. The molecule has 0 aliphatic heterocycles. The predicted molar refractivity (Wildman–Crippen MR) is 158 cm³/mol. The van der Waals surface area contributed by atoms with E-state index in [-0.39, 0.29) is 11.3 Å². The molecule has 5 aromatic rings. The molecule has 1 saturated carbocycles. The zero-order chi connectivity index (χ0) is 27.6. The Morgan fingerprint density at radius 1 is 1.10 bits per heavy atom. The fourth-order valence-electron chi connectivity index (χ4n) is 6.30.